The zero-order valence-electron chi connectivity index (χ0n) is 10.6. The van der Waals surface area contributed by atoms with Crippen molar-refractivity contribution in [2.45, 2.75) is 32.5 Å². The van der Waals surface area contributed by atoms with E-state index < -0.39 is 0 Å². The maximum absolute atomic E-state index is 6.04. The molecule has 1 aromatic carbocycles. The first-order valence-electron chi connectivity index (χ1n) is 5.61. The summed E-state index contributed by atoms with van der Waals surface area (Å²) in [5.74, 6) is 0. The van der Waals surface area contributed by atoms with E-state index in [1.165, 1.54) is 0 Å². The van der Waals surface area contributed by atoms with Gasteiger partial charge < -0.3 is 15.2 Å². The van der Waals surface area contributed by atoms with Gasteiger partial charge in [-0.1, -0.05) is 17.7 Å². The van der Waals surface area contributed by atoms with Gasteiger partial charge in [-0.25, -0.2) is 0 Å². The van der Waals surface area contributed by atoms with E-state index in [-0.39, 0.29) is 5.60 Å². The minimum absolute atomic E-state index is 0.148. The van der Waals surface area contributed by atoms with Crippen molar-refractivity contribution >= 4 is 17.3 Å². The summed E-state index contributed by atoms with van der Waals surface area (Å²) < 4.78 is 10.9. The number of anilines is 1. The van der Waals surface area contributed by atoms with Crippen LogP contribution in [0.5, 0.6) is 0 Å². The highest BCUT2D eigenvalue weighted by Crippen LogP contribution is 2.20. The number of methoxy groups -OCH3 is 1. The van der Waals surface area contributed by atoms with Crippen LogP contribution in [-0.2, 0) is 16.1 Å². The van der Waals surface area contributed by atoms with Gasteiger partial charge in [0.1, 0.15) is 0 Å². The van der Waals surface area contributed by atoms with Crippen molar-refractivity contribution in [1.82, 2.24) is 0 Å². The molecule has 1 aromatic rings. The monoisotopic (exact) mass is 257 g/mol. The Bertz CT molecular complexity index is 366. The van der Waals surface area contributed by atoms with Crippen LogP contribution in [0.4, 0.5) is 5.69 Å². The van der Waals surface area contributed by atoms with Gasteiger partial charge in [-0.05, 0) is 38.0 Å². The number of halogens is 1. The molecule has 96 valence electrons. The van der Waals surface area contributed by atoms with Crippen LogP contribution < -0.4 is 5.73 Å². The Morgan fingerprint density at radius 3 is 2.65 bits per heavy atom. The summed E-state index contributed by atoms with van der Waals surface area (Å²) in [6.07, 6.45) is 0.843. The van der Waals surface area contributed by atoms with E-state index in [2.05, 4.69) is 0 Å². The number of benzene rings is 1. The lowest BCUT2D eigenvalue weighted by atomic mass is 10.1. The minimum Gasteiger partial charge on any atom is -0.399 e. The van der Waals surface area contributed by atoms with Gasteiger partial charge in [0, 0.05) is 24.4 Å². The first kappa shape index (κ1) is 14.3. The summed E-state index contributed by atoms with van der Waals surface area (Å²) in [6, 6.07) is 5.45. The Labute approximate surface area is 108 Å². The quantitative estimate of drug-likeness (QED) is 0.628. The molecule has 0 unspecified atom stereocenters. The third-order valence-electron chi connectivity index (χ3n) is 2.74. The van der Waals surface area contributed by atoms with Crippen molar-refractivity contribution in [3.8, 4) is 0 Å². The molecular formula is C13H20ClNO2. The fraction of sp³-hybridized carbons (Fsp3) is 0.538. The summed E-state index contributed by atoms with van der Waals surface area (Å²) in [5.41, 5.74) is 7.09. The highest BCUT2D eigenvalue weighted by atomic mass is 35.5. The Morgan fingerprint density at radius 1 is 1.35 bits per heavy atom. The number of hydrogen-bond donors (Lipinski definition) is 1. The highest BCUT2D eigenvalue weighted by molar-refractivity contribution is 6.31. The van der Waals surface area contributed by atoms with Crippen molar-refractivity contribution < 1.29 is 9.47 Å². The number of rotatable bonds is 6. The molecule has 0 aliphatic rings. The predicted octanol–water partition coefficient (Wildman–Crippen LogP) is 3.25. The average Bonchev–Trinajstić information content (AvgIpc) is 2.27. The maximum atomic E-state index is 6.04. The minimum atomic E-state index is -0.148. The molecule has 0 radical (unpaired) electrons. The van der Waals surface area contributed by atoms with E-state index in [9.17, 15) is 0 Å². The van der Waals surface area contributed by atoms with Gasteiger partial charge in [-0.15, -0.1) is 0 Å². The van der Waals surface area contributed by atoms with Gasteiger partial charge in [0.25, 0.3) is 0 Å². The molecule has 0 aliphatic heterocycles. The largest absolute Gasteiger partial charge is 0.399 e. The molecule has 0 spiro atoms. The summed E-state index contributed by atoms with van der Waals surface area (Å²) in [4.78, 5) is 0. The van der Waals surface area contributed by atoms with Gasteiger partial charge in [-0.3, -0.25) is 0 Å². The molecule has 4 heteroatoms. The fourth-order valence-electron chi connectivity index (χ4n) is 1.28. The molecule has 0 bridgehead atoms. The Balaban J connectivity index is 2.36. The van der Waals surface area contributed by atoms with Gasteiger partial charge >= 0.3 is 0 Å². The summed E-state index contributed by atoms with van der Waals surface area (Å²) >= 11 is 6.04. The molecule has 0 saturated heterocycles. The lowest BCUT2D eigenvalue weighted by Gasteiger charge is -2.22. The van der Waals surface area contributed by atoms with E-state index in [1.54, 1.807) is 13.2 Å². The molecule has 2 N–H and O–H groups in total. The van der Waals surface area contributed by atoms with Gasteiger partial charge in [0.05, 0.1) is 12.2 Å². The van der Waals surface area contributed by atoms with Crippen molar-refractivity contribution in [2.24, 2.45) is 0 Å². The second-order valence-electron chi connectivity index (χ2n) is 4.62. The van der Waals surface area contributed by atoms with Crippen LogP contribution in [0, 0.1) is 0 Å². The van der Waals surface area contributed by atoms with Crippen LogP contribution in [0.3, 0.4) is 0 Å². The van der Waals surface area contributed by atoms with Crippen molar-refractivity contribution in [3.05, 3.63) is 28.8 Å². The lowest BCUT2D eigenvalue weighted by Crippen LogP contribution is -2.24. The SMILES string of the molecule is COC(C)(C)CCOCc1ccc(N)cc1Cl. The number of nitrogen functional groups attached to an aromatic ring is 1. The maximum Gasteiger partial charge on any atom is 0.0731 e. The number of hydrogen-bond acceptors (Lipinski definition) is 3. The molecule has 0 heterocycles. The van der Waals surface area contributed by atoms with Gasteiger partial charge in [-0.2, -0.15) is 0 Å². The summed E-state index contributed by atoms with van der Waals surface area (Å²) in [6.45, 7) is 5.21. The van der Waals surface area contributed by atoms with E-state index in [4.69, 9.17) is 26.8 Å². The fourth-order valence-corrected chi connectivity index (χ4v) is 1.53. The van der Waals surface area contributed by atoms with Crippen molar-refractivity contribution in [1.29, 1.82) is 0 Å². The van der Waals surface area contributed by atoms with E-state index in [0.717, 1.165) is 12.0 Å². The third-order valence-corrected chi connectivity index (χ3v) is 3.09. The van der Waals surface area contributed by atoms with Gasteiger partial charge in [0.15, 0.2) is 0 Å². The second kappa shape index (κ2) is 6.24. The normalized spacial score (nSPS) is 11.8. The summed E-state index contributed by atoms with van der Waals surface area (Å²) in [5, 5.41) is 0.649. The molecule has 3 nitrogen and oxygen atoms in total. The number of ether oxygens (including phenoxy) is 2. The number of nitrogens with two attached hydrogens (primary N) is 1. The standard InChI is InChI=1S/C13H20ClNO2/c1-13(2,16-3)6-7-17-9-10-4-5-11(15)8-12(10)14/h4-5,8H,6-7,9,15H2,1-3H3. The first-order valence-corrected chi connectivity index (χ1v) is 5.99. The molecular weight excluding hydrogens is 238 g/mol. The van der Waals surface area contributed by atoms with Crippen LogP contribution in [-0.4, -0.2) is 19.3 Å². The molecule has 0 saturated carbocycles. The third kappa shape index (κ3) is 4.94. The smallest absolute Gasteiger partial charge is 0.0731 e. The molecule has 0 fully saturated rings. The molecule has 0 aromatic heterocycles. The van der Waals surface area contributed by atoms with Crippen LogP contribution >= 0.6 is 11.6 Å². The van der Waals surface area contributed by atoms with Gasteiger partial charge in [0.2, 0.25) is 0 Å². The van der Waals surface area contributed by atoms with Crippen LogP contribution in [0.15, 0.2) is 18.2 Å². The van der Waals surface area contributed by atoms with E-state index in [0.29, 0.717) is 23.9 Å². The molecule has 0 atom stereocenters. The predicted molar refractivity (Wildman–Crippen MR) is 71.2 cm³/mol. The second-order valence-corrected chi connectivity index (χ2v) is 5.02. The Kier molecular flexibility index (Phi) is 5.25. The zero-order valence-corrected chi connectivity index (χ0v) is 11.4. The zero-order chi connectivity index (χ0) is 12.9. The lowest BCUT2D eigenvalue weighted by molar-refractivity contribution is -0.0124. The molecule has 0 aliphatic carbocycles. The van der Waals surface area contributed by atoms with Crippen LogP contribution in [0.1, 0.15) is 25.8 Å². The topological polar surface area (TPSA) is 44.5 Å². The Hall–Kier alpha value is -0.770. The van der Waals surface area contributed by atoms with Crippen molar-refractivity contribution in [3.63, 3.8) is 0 Å². The van der Waals surface area contributed by atoms with E-state index in [1.807, 2.05) is 26.0 Å². The van der Waals surface area contributed by atoms with Crippen molar-refractivity contribution in [2.75, 3.05) is 19.5 Å². The first-order chi connectivity index (χ1) is 7.94. The van der Waals surface area contributed by atoms with Crippen LogP contribution in [0.2, 0.25) is 5.02 Å². The average molecular weight is 258 g/mol. The molecule has 1 rings (SSSR count). The summed E-state index contributed by atoms with van der Waals surface area (Å²) in [7, 11) is 1.71. The van der Waals surface area contributed by atoms with E-state index >= 15 is 0 Å². The highest BCUT2D eigenvalue weighted by Gasteiger charge is 2.15. The molecule has 17 heavy (non-hydrogen) atoms. The molecule has 0 amide bonds. The Morgan fingerprint density at radius 2 is 2.06 bits per heavy atom. The van der Waals surface area contributed by atoms with Crippen LogP contribution in [0.25, 0.3) is 0 Å².